The average Bonchev–Trinajstić information content (AvgIpc) is 3.48. The van der Waals surface area contributed by atoms with Crippen molar-refractivity contribution < 1.29 is 0 Å². The van der Waals surface area contributed by atoms with Crippen LogP contribution in [0, 0.1) is 0 Å². The van der Waals surface area contributed by atoms with Gasteiger partial charge in [0.05, 0.1) is 0 Å². The molecule has 0 heteroatoms. The Hall–Kier alpha value is -3.90. The molecule has 0 unspecified atom stereocenters. The van der Waals surface area contributed by atoms with Crippen LogP contribution in [0.15, 0.2) is 97.1 Å². The molecule has 2 aliphatic rings. The quantitative estimate of drug-likeness (QED) is 0.300. The third-order valence-corrected chi connectivity index (χ3v) is 6.56. The molecule has 4 aromatic rings. The summed E-state index contributed by atoms with van der Waals surface area (Å²) in [5.74, 6) is 0. The molecule has 152 valence electrons. The Morgan fingerprint density at radius 1 is 0.438 bits per heavy atom. The summed E-state index contributed by atoms with van der Waals surface area (Å²) in [6, 6.07) is 35.1. The Morgan fingerprint density at radius 2 is 0.844 bits per heavy atom. The Bertz CT molecular complexity index is 1270. The molecule has 0 aliphatic heterocycles. The predicted octanol–water partition coefficient (Wildman–Crippen LogP) is 8.05. The van der Waals surface area contributed by atoms with Gasteiger partial charge in [-0.3, -0.25) is 0 Å². The van der Waals surface area contributed by atoms with Gasteiger partial charge in [0.1, 0.15) is 0 Å². The fraction of sp³-hybridized carbons (Fsp3) is 0.0625. The minimum absolute atomic E-state index is 1.03. The molecule has 0 N–H and O–H groups in total. The first kappa shape index (κ1) is 18.8. The van der Waals surface area contributed by atoms with Crippen LogP contribution in [0.1, 0.15) is 44.5 Å². The molecular weight excluding hydrogens is 384 g/mol. The lowest BCUT2D eigenvalue weighted by Gasteiger charge is -2.04. The average molecular weight is 409 g/mol. The molecule has 2 aliphatic carbocycles. The summed E-state index contributed by atoms with van der Waals surface area (Å²) in [4.78, 5) is 0. The maximum absolute atomic E-state index is 2.32. The van der Waals surface area contributed by atoms with Gasteiger partial charge in [0.2, 0.25) is 0 Å². The van der Waals surface area contributed by atoms with Gasteiger partial charge in [-0.25, -0.2) is 0 Å². The van der Waals surface area contributed by atoms with E-state index in [0.717, 1.165) is 12.8 Å². The van der Waals surface area contributed by atoms with E-state index in [9.17, 15) is 0 Å². The highest BCUT2D eigenvalue weighted by atomic mass is 14.2. The highest BCUT2D eigenvalue weighted by molar-refractivity contribution is 5.89. The summed E-state index contributed by atoms with van der Waals surface area (Å²) >= 11 is 0. The van der Waals surface area contributed by atoms with Crippen LogP contribution in [0.3, 0.4) is 0 Å². The van der Waals surface area contributed by atoms with Crippen LogP contribution >= 0.6 is 0 Å². The summed E-state index contributed by atoms with van der Waals surface area (Å²) in [6.07, 6.45) is 11.1. The maximum Gasteiger partial charge on any atom is -0.00137 e. The Kier molecular flexibility index (Phi) is 4.70. The van der Waals surface area contributed by atoms with Crippen LogP contribution in [-0.2, 0) is 12.8 Å². The van der Waals surface area contributed by atoms with E-state index in [1.807, 2.05) is 0 Å². The van der Waals surface area contributed by atoms with E-state index in [0.29, 0.717) is 0 Å². The third kappa shape index (κ3) is 3.65. The van der Waals surface area contributed by atoms with Crippen LogP contribution in [0.5, 0.6) is 0 Å². The molecule has 0 fully saturated rings. The Morgan fingerprint density at radius 3 is 1.25 bits per heavy atom. The Labute approximate surface area is 189 Å². The molecule has 0 heterocycles. The van der Waals surface area contributed by atoms with Crippen molar-refractivity contribution in [1.29, 1.82) is 0 Å². The summed E-state index contributed by atoms with van der Waals surface area (Å²) in [7, 11) is 0. The van der Waals surface area contributed by atoms with Crippen molar-refractivity contribution >= 4 is 35.5 Å². The Balaban J connectivity index is 1.14. The molecule has 0 spiro atoms. The topological polar surface area (TPSA) is 0 Å². The fourth-order valence-corrected chi connectivity index (χ4v) is 4.74. The number of fused-ring (bicyclic) bond motifs is 2. The van der Waals surface area contributed by atoms with Crippen LogP contribution < -0.4 is 0 Å². The second-order valence-electron chi connectivity index (χ2n) is 8.67. The molecule has 0 aromatic heterocycles. The summed E-state index contributed by atoms with van der Waals surface area (Å²) in [5.41, 5.74) is 13.4. The third-order valence-electron chi connectivity index (χ3n) is 6.56. The molecule has 0 nitrogen and oxygen atoms in total. The lowest BCUT2D eigenvalue weighted by Crippen LogP contribution is -1.86. The summed E-state index contributed by atoms with van der Waals surface area (Å²) in [6.45, 7) is 0. The van der Waals surface area contributed by atoms with Crippen LogP contribution in [0.2, 0.25) is 0 Å². The number of hydrogen-bond donors (Lipinski definition) is 0. The van der Waals surface area contributed by atoms with Crippen LogP contribution in [0.4, 0.5) is 0 Å². The van der Waals surface area contributed by atoms with Crippen molar-refractivity contribution in [1.82, 2.24) is 0 Å². The molecule has 6 rings (SSSR count). The van der Waals surface area contributed by atoms with E-state index in [1.165, 1.54) is 55.7 Å². The number of rotatable bonds is 4. The second-order valence-corrected chi connectivity index (χ2v) is 8.67. The largest absolute Gasteiger partial charge is 0.0619 e. The van der Waals surface area contributed by atoms with E-state index in [2.05, 4.69) is 121 Å². The number of benzene rings is 4. The second kappa shape index (κ2) is 7.98. The van der Waals surface area contributed by atoms with Gasteiger partial charge in [-0.2, -0.15) is 0 Å². The maximum atomic E-state index is 2.32. The van der Waals surface area contributed by atoms with E-state index in [1.54, 1.807) is 0 Å². The van der Waals surface area contributed by atoms with Gasteiger partial charge in [-0.1, -0.05) is 121 Å². The molecule has 4 aromatic carbocycles. The van der Waals surface area contributed by atoms with Crippen molar-refractivity contribution in [2.24, 2.45) is 0 Å². The summed E-state index contributed by atoms with van der Waals surface area (Å²) in [5, 5.41) is 0. The zero-order valence-electron chi connectivity index (χ0n) is 18.0. The standard InChI is InChI=1S/C32H24/c1-2-6-28-20-31(19-27(28)5-1)25-15-11-23(12-16-25)9-10-24-13-17-26(18-14-24)32-21-29-7-3-4-8-30(29)22-32/h1-19,21H,20,22H2/b10-9+. The molecular formula is C32H24. The minimum atomic E-state index is 1.03. The molecule has 0 atom stereocenters. The monoisotopic (exact) mass is 408 g/mol. The first-order valence-corrected chi connectivity index (χ1v) is 11.3. The highest BCUT2D eigenvalue weighted by Crippen LogP contribution is 2.32. The lowest BCUT2D eigenvalue weighted by atomic mass is 10.0. The van der Waals surface area contributed by atoms with Crippen molar-refractivity contribution in [3.63, 3.8) is 0 Å². The van der Waals surface area contributed by atoms with Gasteiger partial charge in [0.15, 0.2) is 0 Å². The smallest absolute Gasteiger partial charge is 0.00137 e. The normalized spacial score (nSPS) is 14.2. The van der Waals surface area contributed by atoms with Gasteiger partial charge >= 0.3 is 0 Å². The highest BCUT2D eigenvalue weighted by Gasteiger charge is 2.14. The van der Waals surface area contributed by atoms with Gasteiger partial charge in [-0.15, -0.1) is 0 Å². The molecule has 0 amide bonds. The van der Waals surface area contributed by atoms with E-state index in [4.69, 9.17) is 0 Å². The first-order chi connectivity index (χ1) is 15.8. The predicted molar refractivity (Wildman–Crippen MR) is 138 cm³/mol. The molecule has 0 radical (unpaired) electrons. The zero-order chi connectivity index (χ0) is 21.3. The van der Waals surface area contributed by atoms with E-state index in [-0.39, 0.29) is 0 Å². The number of allylic oxidation sites excluding steroid dienone is 2. The molecule has 32 heavy (non-hydrogen) atoms. The van der Waals surface area contributed by atoms with Gasteiger partial charge in [-0.05, 0) is 68.5 Å². The van der Waals surface area contributed by atoms with Crippen molar-refractivity contribution in [2.45, 2.75) is 12.8 Å². The van der Waals surface area contributed by atoms with Crippen LogP contribution in [-0.4, -0.2) is 0 Å². The number of hydrogen-bond acceptors (Lipinski definition) is 0. The molecule has 0 saturated carbocycles. The first-order valence-electron chi connectivity index (χ1n) is 11.3. The van der Waals surface area contributed by atoms with Crippen molar-refractivity contribution in [3.05, 3.63) is 142 Å². The van der Waals surface area contributed by atoms with Crippen molar-refractivity contribution in [3.8, 4) is 0 Å². The van der Waals surface area contributed by atoms with Crippen LogP contribution in [0.25, 0.3) is 35.5 Å². The molecule has 0 saturated heterocycles. The van der Waals surface area contributed by atoms with Gasteiger partial charge < -0.3 is 0 Å². The van der Waals surface area contributed by atoms with Gasteiger partial charge in [0.25, 0.3) is 0 Å². The van der Waals surface area contributed by atoms with Gasteiger partial charge in [0, 0.05) is 0 Å². The zero-order valence-corrected chi connectivity index (χ0v) is 18.0. The molecule has 0 bridgehead atoms. The van der Waals surface area contributed by atoms with Crippen molar-refractivity contribution in [2.75, 3.05) is 0 Å². The van der Waals surface area contributed by atoms with E-state index >= 15 is 0 Å². The lowest BCUT2D eigenvalue weighted by molar-refractivity contribution is 1.31. The fourth-order valence-electron chi connectivity index (χ4n) is 4.74. The summed E-state index contributed by atoms with van der Waals surface area (Å²) < 4.78 is 0. The SMILES string of the molecule is C1=C(c2ccc(/C=C/c3ccc(C4=Cc5ccccc5C4)cc3)cc2)Cc2ccccc21. The van der Waals surface area contributed by atoms with E-state index < -0.39 is 0 Å². The minimum Gasteiger partial charge on any atom is -0.0619 e.